The summed E-state index contributed by atoms with van der Waals surface area (Å²) in [6.45, 7) is 3.17. The minimum absolute atomic E-state index is 0.0276. The molecule has 2 aromatic rings. The molecule has 31 heavy (non-hydrogen) atoms. The average Bonchev–Trinajstić information content (AvgIpc) is 3.24. The number of hydrogen-bond donors (Lipinski definition) is 4. The number of halogens is 2. The monoisotopic (exact) mass is 518 g/mol. The molecule has 1 aromatic heterocycles. The van der Waals surface area contributed by atoms with Gasteiger partial charge < -0.3 is 20.3 Å². The Morgan fingerprint density at radius 3 is 2.68 bits per heavy atom. The highest BCUT2D eigenvalue weighted by Gasteiger charge is 2.41. The quantitative estimate of drug-likeness (QED) is 0.452. The number of H-pyrrole nitrogens is 1. The highest BCUT2D eigenvalue weighted by atomic mass is 79.9. The van der Waals surface area contributed by atoms with Crippen LogP contribution < -0.4 is 10.0 Å². The van der Waals surface area contributed by atoms with Crippen LogP contribution in [0.25, 0.3) is 10.9 Å². The Morgan fingerprint density at radius 1 is 1.35 bits per heavy atom. The third kappa shape index (κ3) is 5.25. The van der Waals surface area contributed by atoms with Gasteiger partial charge in [-0.25, -0.2) is 17.5 Å². The van der Waals surface area contributed by atoms with Crippen molar-refractivity contribution in [2.75, 3.05) is 25.9 Å². The molecule has 0 spiro atoms. The summed E-state index contributed by atoms with van der Waals surface area (Å²) in [5.74, 6) is -1.85. The van der Waals surface area contributed by atoms with Gasteiger partial charge in [0.1, 0.15) is 17.1 Å². The van der Waals surface area contributed by atoms with Crippen molar-refractivity contribution in [2.45, 2.75) is 25.5 Å². The molecule has 0 bridgehead atoms. The summed E-state index contributed by atoms with van der Waals surface area (Å²) in [6.07, 6.45) is 0.0859. The van der Waals surface area contributed by atoms with Gasteiger partial charge in [0.15, 0.2) is 0 Å². The number of fused-ring (bicyclic) bond motifs is 1. The zero-order valence-electron chi connectivity index (χ0n) is 17.2. The van der Waals surface area contributed by atoms with Crippen LogP contribution in [0.15, 0.2) is 22.7 Å². The molecule has 0 radical (unpaired) electrons. The van der Waals surface area contributed by atoms with Crippen molar-refractivity contribution in [3.05, 3.63) is 34.2 Å². The first kappa shape index (κ1) is 23.6. The van der Waals surface area contributed by atoms with Gasteiger partial charge >= 0.3 is 0 Å². The normalized spacial score (nSPS) is 19.7. The molecule has 12 heteroatoms. The summed E-state index contributed by atoms with van der Waals surface area (Å²) in [6, 6.07) is 4.59. The van der Waals surface area contributed by atoms with Crippen LogP contribution in [0, 0.1) is 11.7 Å². The topological polar surface area (TPSA) is 132 Å². The van der Waals surface area contributed by atoms with Gasteiger partial charge in [0, 0.05) is 36.5 Å². The number of rotatable bonds is 6. The largest absolute Gasteiger partial charge is 0.391 e. The molecule has 0 unspecified atom stereocenters. The van der Waals surface area contributed by atoms with Crippen LogP contribution in [0.3, 0.4) is 0 Å². The van der Waals surface area contributed by atoms with Crippen molar-refractivity contribution in [3.8, 4) is 0 Å². The minimum atomic E-state index is -3.60. The summed E-state index contributed by atoms with van der Waals surface area (Å²) < 4.78 is 39.7. The number of aromatic nitrogens is 1. The summed E-state index contributed by atoms with van der Waals surface area (Å²) in [7, 11) is -3.60. The zero-order valence-corrected chi connectivity index (χ0v) is 19.6. The second-order valence-electron chi connectivity index (χ2n) is 8.25. The number of likely N-dealkylation sites (tertiary alicyclic amines) is 1. The van der Waals surface area contributed by atoms with Crippen molar-refractivity contribution in [1.29, 1.82) is 0 Å². The molecule has 1 fully saturated rings. The van der Waals surface area contributed by atoms with E-state index in [0.29, 0.717) is 5.52 Å². The third-order valence-electron chi connectivity index (χ3n) is 5.13. The SMILES string of the molecule is CC(C)(NS(C)(=O)=O)C(=O)N1C[C@H](CNC(=O)c2cc3c(F)c(Br)ccc3[nH]2)[C@H](O)C1. The first-order valence-electron chi connectivity index (χ1n) is 9.50. The maximum atomic E-state index is 14.2. The number of amides is 2. The summed E-state index contributed by atoms with van der Waals surface area (Å²) in [5.41, 5.74) is -0.719. The molecule has 9 nitrogen and oxygen atoms in total. The number of aliphatic hydroxyl groups is 1. The Labute approximate surface area is 187 Å². The lowest BCUT2D eigenvalue weighted by molar-refractivity contribution is -0.135. The molecule has 2 atom stereocenters. The molecule has 1 saturated heterocycles. The van der Waals surface area contributed by atoms with Gasteiger partial charge in [-0.3, -0.25) is 9.59 Å². The Kier molecular flexibility index (Phi) is 6.47. The first-order valence-corrected chi connectivity index (χ1v) is 12.2. The summed E-state index contributed by atoms with van der Waals surface area (Å²) in [5, 5.41) is 13.3. The van der Waals surface area contributed by atoms with Crippen molar-refractivity contribution < 1.29 is 27.5 Å². The minimum Gasteiger partial charge on any atom is -0.391 e. The van der Waals surface area contributed by atoms with Crippen molar-refractivity contribution in [2.24, 2.45) is 5.92 Å². The Balaban J connectivity index is 1.63. The maximum absolute atomic E-state index is 14.2. The van der Waals surface area contributed by atoms with E-state index in [1.165, 1.54) is 30.9 Å². The Hall–Kier alpha value is -2.02. The number of hydrogen-bond acceptors (Lipinski definition) is 5. The lowest BCUT2D eigenvalue weighted by atomic mass is 10.1. The molecule has 4 N–H and O–H groups in total. The number of sulfonamides is 1. The smallest absolute Gasteiger partial charge is 0.267 e. The van der Waals surface area contributed by atoms with E-state index >= 15 is 0 Å². The molecular weight excluding hydrogens is 495 g/mol. The van der Waals surface area contributed by atoms with E-state index in [1.807, 2.05) is 0 Å². The predicted molar refractivity (Wildman–Crippen MR) is 116 cm³/mol. The van der Waals surface area contributed by atoms with E-state index in [0.717, 1.165) is 6.26 Å². The van der Waals surface area contributed by atoms with Crippen molar-refractivity contribution in [3.63, 3.8) is 0 Å². The van der Waals surface area contributed by atoms with Crippen LogP contribution in [-0.4, -0.2) is 72.8 Å². The molecule has 0 saturated carbocycles. The van der Waals surface area contributed by atoms with Crippen molar-refractivity contribution >= 4 is 48.7 Å². The maximum Gasteiger partial charge on any atom is 0.267 e. The van der Waals surface area contributed by atoms with E-state index in [2.05, 4.69) is 31.0 Å². The van der Waals surface area contributed by atoms with Crippen LogP contribution in [-0.2, 0) is 14.8 Å². The fourth-order valence-corrected chi connectivity index (χ4v) is 5.07. The third-order valence-corrected chi connectivity index (χ3v) is 6.62. The summed E-state index contributed by atoms with van der Waals surface area (Å²) >= 11 is 3.10. The average molecular weight is 519 g/mol. The molecule has 2 amide bonds. The van der Waals surface area contributed by atoms with Gasteiger partial charge in [0.2, 0.25) is 15.9 Å². The molecule has 1 aliphatic rings. The Morgan fingerprint density at radius 2 is 2.03 bits per heavy atom. The molecular formula is C19H24BrFN4O5S. The standard InChI is InChI=1S/C19H24BrFN4O5S/c1-19(2,24-31(3,29)30)18(28)25-8-10(15(26)9-25)7-22-17(27)14-6-11-13(23-14)5-4-12(20)16(11)21/h4-6,10,15,23-24,26H,7-9H2,1-3H3,(H,22,27)/t10-,15+/m0/s1. The second-order valence-corrected chi connectivity index (χ2v) is 10.9. The van der Waals surface area contributed by atoms with Gasteiger partial charge in [-0.05, 0) is 48.0 Å². The molecule has 0 aliphatic carbocycles. The highest BCUT2D eigenvalue weighted by molar-refractivity contribution is 9.10. The molecule has 3 rings (SSSR count). The van der Waals surface area contributed by atoms with Crippen LogP contribution in [0.4, 0.5) is 4.39 Å². The van der Waals surface area contributed by atoms with Gasteiger partial charge in [-0.15, -0.1) is 0 Å². The van der Waals surface area contributed by atoms with Gasteiger partial charge in [-0.2, -0.15) is 0 Å². The second kappa shape index (κ2) is 8.49. The summed E-state index contributed by atoms with van der Waals surface area (Å²) in [4.78, 5) is 29.4. The lowest BCUT2D eigenvalue weighted by Crippen LogP contribution is -2.55. The fraction of sp³-hybridized carbons (Fsp3) is 0.474. The number of nitrogens with one attached hydrogen (secondary N) is 3. The number of β-amino-alcohol motifs (C(OH)–C–C–N with tert-alkyl or cyclic N) is 1. The van der Waals surface area contributed by atoms with Crippen LogP contribution >= 0.6 is 15.9 Å². The van der Waals surface area contributed by atoms with Crippen LogP contribution in [0.1, 0.15) is 24.3 Å². The van der Waals surface area contributed by atoms with Crippen molar-refractivity contribution in [1.82, 2.24) is 19.9 Å². The van der Waals surface area contributed by atoms with Crippen LogP contribution in [0.5, 0.6) is 0 Å². The van der Waals surface area contributed by atoms with E-state index in [1.54, 1.807) is 6.07 Å². The molecule has 1 aliphatic heterocycles. The predicted octanol–water partition coefficient (Wildman–Crippen LogP) is 0.946. The molecule has 1 aromatic carbocycles. The fourth-order valence-electron chi connectivity index (χ4n) is 3.71. The zero-order chi connectivity index (χ0) is 23.1. The van der Waals surface area contributed by atoms with E-state index in [4.69, 9.17) is 0 Å². The first-order chi connectivity index (χ1) is 14.3. The van der Waals surface area contributed by atoms with E-state index < -0.39 is 45.2 Å². The number of nitrogens with zero attached hydrogens (tertiary/aromatic N) is 1. The number of aromatic amines is 1. The van der Waals surface area contributed by atoms with Gasteiger partial charge in [0.05, 0.1) is 16.8 Å². The number of benzene rings is 1. The lowest BCUT2D eigenvalue weighted by Gasteiger charge is -2.29. The highest BCUT2D eigenvalue weighted by Crippen LogP contribution is 2.26. The van der Waals surface area contributed by atoms with Gasteiger partial charge in [0.25, 0.3) is 5.91 Å². The number of carbonyl (C=O) groups is 2. The molecule has 170 valence electrons. The van der Waals surface area contributed by atoms with E-state index in [-0.39, 0.29) is 35.2 Å². The van der Waals surface area contributed by atoms with Crippen LogP contribution in [0.2, 0.25) is 0 Å². The number of aliphatic hydroxyl groups excluding tert-OH is 1. The Bertz CT molecular complexity index is 1130. The number of carbonyl (C=O) groups excluding carboxylic acids is 2. The molecule has 2 heterocycles. The van der Waals surface area contributed by atoms with E-state index in [9.17, 15) is 27.5 Å². The van der Waals surface area contributed by atoms with Gasteiger partial charge in [-0.1, -0.05) is 0 Å².